The Morgan fingerprint density at radius 2 is 2.26 bits per heavy atom. The highest BCUT2D eigenvalue weighted by Crippen LogP contribution is 1.98. The van der Waals surface area contributed by atoms with Crippen LogP contribution in [0.2, 0.25) is 0 Å². The fraction of sp³-hybridized carbons (Fsp3) is 0.400. The molecule has 0 aromatic carbocycles. The number of amides is 2. The lowest BCUT2D eigenvalue weighted by atomic mass is 10.2. The van der Waals surface area contributed by atoms with Gasteiger partial charge in [0.15, 0.2) is 0 Å². The summed E-state index contributed by atoms with van der Waals surface area (Å²) in [6, 6.07) is -1.89. The Bertz CT molecular complexity index is 445. The van der Waals surface area contributed by atoms with Crippen LogP contribution in [0.5, 0.6) is 0 Å². The molecule has 1 heterocycles. The maximum Gasteiger partial charge on any atom is 0.326 e. The smallest absolute Gasteiger partial charge is 0.326 e. The van der Waals surface area contributed by atoms with E-state index in [0.29, 0.717) is 5.69 Å². The third kappa shape index (κ3) is 5.06. The van der Waals surface area contributed by atoms with Crippen molar-refractivity contribution in [3.05, 3.63) is 18.2 Å². The number of urea groups is 1. The van der Waals surface area contributed by atoms with E-state index in [1.54, 1.807) is 0 Å². The highest BCUT2D eigenvalue weighted by atomic mass is 16.5. The van der Waals surface area contributed by atoms with E-state index >= 15 is 0 Å². The van der Waals surface area contributed by atoms with Crippen molar-refractivity contribution in [3.63, 3.8) is 0 Å². The molecule has 19 heavy (non-hydrogen) atoms. The summed E-state index contributed by atoms with van der Waals surface area (Å²) in [5, 5.41) is 13.4. The highest BCUT2D eigenvalue weighted by molar-refractivity contribution is 5.85. The molecule has 0 saturated heterocycles. The van der Waals surface area contributed by atoms with Gasteiger partial charge in [-0.1, -0.05) is 0 Å². The first-order valence-corrected chi connectivity index (χ1v) is 5.34. The number of nitrogens with one attached hydrogen (secondary N) is 3. The van der Waals surface area contributed by atoms with Crippen LogP contribution in [0.3, 0.4) is 0 Å². The number of rotatable bonds is 6. The first kappa shape index (κ1) is 14.5. The van der Waals surface area contributed by atoms with Crippen LogP contribution in [0.1, 0.15) is 5.69 Å². The monoisotopic (exact) mass is 270 g/mol. The van der Waals surface area contributed by atoms with Crippen LogP contribution in [0.25, 0.3) is 0 Å². The van der Waals surface area contributed by atoms with Crippen molar-refractivity contribution >= 4 is 18.0 Å². The number of aromatic amines is 1. The fourth-order valence-electron chi connectivity index (χ4n) is 1.25. The lowest BCUT2D eigenvalue weighted by Gasteiger charge is -2.13. The van der Waals surface area contributed by atoms with Gasteiger partial charge >= 0.3 is 18.0 Å². The van der Waals surface area contributed by atoms with Crippen molar-refractivity contribution in [2.75, 3.05) is 13.7 Å². The van der Waals surface area contributed by atoms with Gasteiger partial charge in [-0.2, -0.15) is 0 Å². The molecule has 9 nitrogen and oxygen atoms in total. The number of H-pyrrole nitrogens is 1. The van der Waals surface area contributed by atoms with Crippen LogP contribution in [-0.4, -0.2) is 52.7 Å². The zero-order valence-corrected chi connectivity index (χ0v) is 10.2. The van der Waals surface area contributed by atoms with E-state index in [0.717, 1.165) is 0 Å². The maximum atomic E-state index is 11.4. The van der Waals surface area contributed by atoms with Crippen LogP contribution < -0.4 is 10.6 Å². The summed E-state index contributed by atoms with van der Waals surface area (Å²) in [5.74, 6) is -1.82. The number of esters is 1. The zero-order chi connectivity index (χ0) is 14.3. The van der Waals surface area contributed by atoms with Gasteiger partial charge in [0.25, 0.3) is 0 Å². The summed E-state index contributed by atoms with van der Waals surface area (Å²) < 4.78 is 4.33. The summed E-state index contributed by atoms with van der Waals surface area (Å²) >= 11 is 0. The molecule has 0 aliphatic rings. The Hall–Kier alpha value is -2.58. The van der Waals surface area contributed by atoms with Crippen molar-refractivity contribution in [3.8, 4) is 0 Å². The summed E-state index contributed by atoms with van der Waals surface area (Å²) in [6.45, 7) is -0.335. The number of aromatic nitrogens is 2. The second-order valence-corrected chi connectivity index (χ2v) is 3.57. The Morgan fingerprint density at radius 3 is 2.79 bits per heavy atom. The number of hydrogen-bond donors (Lipinski definition) is 4. The zero-order valence-electron chi connectivity index (χ0n) is 10.2. The average molecular weight is 270 g/mol. The number of imidazole rings is 1. The van der Waals surface area contributed by atoms with Crippen molar-refractivity contribution in [1.29, 1.82) is 0 Å². The highest BCUT2D eigenvalue weighted by Gasteiger charge is 2.21. The standard InChI is InChI=1S/C10H14N4O5/c1-19-8(15)4-12-10(18)14-7(9(16)17)2-6-3-11-5-13-6/h3,5,7H,2,4H2,1H3,(H,11,13)(H,16,17)(H2,12,14,18)/t7-/m0/s1. The van der Waals surface area contributed by atoms with Crippen molar-refractivity contribution in [2.24, 2.45) is 0 Å². The minimum absolute atomic E-state index is 0.0565. The summed E-state index contributed by atoms with van der Waals surface area (Å²) in [4.78, 5) is 39.7. The second kappa shape index (κ2) is 6.99. The molecule has 0 aliphatic carbocycles. The van der Waals surface area contributed by atoms with E-state index < -0.39 is 24.0 Å². The molecule has 4 N–H and O–H groups in total. The van der Waals surface area contributed by atoms with E-state index in [1.165, 1.54) is 19.6 Å². The Balaban J connectivity index is 2.47. The molecule has 9 heteroatoms. The van der Waals surface area contributed by atoms with Crippen LogP contribution in [0, 0.1) is 0 Å². The average Bonchev–Trinajstić information content (AvgIpc) is 2.87. The SMILES string of the molecule is COC(=O)CNC(=O)N[C@@H](Cc1cnc[nH]1)C(=O)O. The third-order valence-corrected chi connectivity index (χ3v) is 2.20. The Kier molecular flexibility index (Phi) is 5.33. The number of nitrogens with zero attached hydrogens (tertiary/aromatic N) is 1. The number of carbonyl (C=O) groups excluding carboxylic acids is 2. The van der Waals surface area contributed by atoms with E-state index in [-0.39, 0.29) is 13.0 Å². The van der Waals surface area contributed by atoms with Crippen LogP contribution in [0.15, 0.2) is 12.5 Å². The summed E-state index contributed by atoms with van der Waals surface area (Å²) in [5.41, 5.74) is 0.570. The number of hydrogen-bond acceptors (Lipinski definition) is 5. The van der Waals surface area contributed by atoms with Gasteiger partial charge in [-0.3, -0.25) is 4.79 Å². The lowest BCUT2D eigenvalue weighted by molar-refractivity contribution is -0.139. The number of methoxy groups -OCH3 is 1. The van der Waals surface area contributed by atoms with Crippen LogP contribution in [-0.2, 0) is 20.7 Å². The quantitative estimate of drug-likeness (QED) is 0.484. The first-order chi connectivity index (χ1) is 9.02. The van der Waals surface area contributed by atoms with E-state index in [1.807, 2.05) is 0 Å². The Morgan fingerprint density at radius 1 is 1.53 bits per heavy atom. The molecule has 1 atom stereocenters. The first-order valence-electron chi connectivity index (χ1n) is 5.34. The number of ether oxygens (including phenoxy) is 1. The normalized spacial score (nSPS) is 11.4. The predicted octanol–water partition coefficient (Wildman–Crippen LogP) is -1.12. The molecule has 0 radical (unpaired) electrons. The summed E-state index contributed by atoms with van der Waals surface area (Å²) in [7, 11) is 1.18. The van der Waals surface area contributed by atoms with E-state index in [4.69, 9.17) is 5.11 Å². The van der Waals surface area contributed by atoms with Crippen molar-refractivity contribution in [2.45, 2.75) is 12.5 Å². The van der Waals surface area contributed by atoms with Crippen LogP contribution >= 0.6 is 0 Å². The molecule has 104 valence electrons. The largest absolute Gasteiger partial charge is 0.480 e. The number of carboxylic acids is 1. The molecule has 0 bridgehead atoms. The third-order valence-electron chi connectivity index (χ3n) is 2.20. The van der Waals surface area contributed by atoms with Crippen molar-refractivity contribution in [1.82, 2.24) is 20.6 Å². The molecule has 0 fully saturated rings. The minimum Gasteiger partial charge on any atom is -0.480 e. The van der Waals surface area contributed by atoms with Gasteiger partial charge in [-0.05, 0) is 0 Å². The molecule has 0 unspecified atom stereocenters. The van der Waals surface area contributed by atoms with Gasteiger partial charge in [-0.15, -0.1) is 0 Å². The molecular weight excluding hydrogens is 256 g/mol. The maximum absolute atomic E-state index is 11.4. The molecule has 1 aromatic heterocycles. The molecule has 1 aromatic rings. The van der Waals surface area contributed by atoms with E-state index in [2.05, 4.69) is 25.3 Å². The van der Waals surface area contributed by atoms with E-state index in [9.17, 15) is 14.4 Å². The second-order valence-electron chi connectivity index (χ2n) is 3.57. The predicted molar refractivity (Wildman–Crippen MR) is 62.3 cm³/mol. The summed E-state index contributed by atoms with van der Waals surface area (Å²) in [6.07, 6.45) is 2.93. The molecule has 0 saturated carbocycles. The van der Waals surface area contributed by atoms with Gasteiger partial charge in [0, 0.05) is 18.3 Å². The van der Waals surface area contributed by atoms with Gasteiger partial charge < -0.3 is 25.5 Å². The minimum atomic E-state index is -1.19. The lowest BCUT2D eigenvalue weighted by Crippen LogP contribution is -2.48. The molecule has 0 aliphatic heterocycles. The van der Waals surface area contributed by atoms with Gasteiger partial charge in [0.2, 0.25) is 0 Å². The van der Waals surface area contributed by atoms with Crippen LogP contribution in [0.4, 0.5) is 4.79 Å². The van der Waals surface area contributed by atoms with Gasteiger partial charge in [0.05, 0.1) is 13.4 Å². The molecule has 2 amide bonds. The number of carbonyl (C=O) groups is 3. The van der Waals surface area contributed by atoms with Crippen molar-refractivity contribution < 1.29 is 24.2 Å². The van der Waals surface area contributed by atoms with Gasteiger partial charge in [-0.25, -0.2) is 14.6 Å². The van der Waals surface area contributed by atoms with Gasteiger partial charge in [0.1, 0.15) is 12.6 Å². The topological polar surface area (TPSA) is 133 Å². The fourth-order valence-corrected chi connectivity index (χ4v) is 1.25. The molecule has 1 rings (SSSR count). The molecule has 0 spiro atoms. The number of carboxylic acid groups (broad SMARTS) is 1. The Labute approximate surface area is 108 Å². The number of aliphatic carboxylic acids is 1. The molecular formula is C10H14N4O5.